The van der Waals surface area contributed by atoms with Gasteiger partial charge in [-0.1, -0.05) is 0 Å². The van der Waals surface area contributed by atoms with E-state index in [2.05, 4.69) is 15.6 Å². The lowest BCUT2D eigenvalue weighted by atomic mass is 9.88. The first-order chi connectivity index (χ1) is 8.10. The van der Waals surface area contributed by atoms with E-state index < -0.39 is 0 Å². The number of nitrogens with zero attached hydrogens (tertiary/aromatic N) is 2. The Bertz CT molecular complexity index is 377. The molecule has 7 heteroatoms. The molecule has 0 radical (unpaired) electrons. The summed E-state index contributed by atoms with van der Waals surface area (Å²) in [7, 11) is 0. The van der Waals surface area contributed by atoms with Gasteiger partial charge in [-0.05, 0) is 26.8 Å². The molecule has 1 aromatic rings. The summed E-state index contributed by atoms with van der Waals surface area (Å²) in [5.74, 6) is 0.148. The van der Waals surface area contributed by atoms with E-state index in [-0.39, 0.29) is 42.2 Å². The minimum atomic E-state index is -0.247. The molecular weight excluding hydrogens is 287 g/mol. The summed E-state index contributed by atoms with van der Waals surface area (Å²) in [6, 6.07) is 0.120. The van der Waals surface area contributed by atoms with E-state index in [9.17, 15) is 4.79 Å². The van der Waals surface area contributed by atoms with E-state index in [0.717, 1.165) is 26.1 Å². The number of carbonyl (C=O) groups is 1. The van der Waals surface area contributed by atoms with Gasteiger partial charge >= 0.3 is 0 Å². The minimum Gasteiger partial charge on any atom is -0.351 e. The van der Waals surface area contributed by atoms with Crippen molar-refractivity contribution in [2.75, 3.05) is 13.1 Å². The fraction of sp³-hybridized carbons (Fsp3) is 0.667. The zero-order valence-corrected chi connectivity index (χ0v) is 12.9. The van der Waals surface area contributed by atoms with Crippen molar-refractivity contribution in [3.05, 3.63) is 18.7 Å². The van der Waals surface area contributed by atoms with Crippen molar-refractivity contribution in [3.63, 3.8) is 0 Å². The van der Waals surface area contributed by atoms with Crippen molar-refractivity contribution in [1.82, 2.24) is 20.2 Å². The highest BCUT2D eigenvalue weighted by atomic mass is 35.5. The van der Waals surface area contributed by atoms with Crippen molar-refractivity contribution in [2.45, 2.75) is 32.9 Å². The van der Waals surface area contributed by atoms with Crippen LogP contribution in [0.15, 0.2) is 18.7 Å². The minimum absolute atomic E-state index is 0. The third-order valence-electron chi connectivity index (χ3n) is 3.34. The van der Waals surface area contributed by atoms with Gasteiger partial charge in [0.25, 0.3) is 0 Å². The number of carbonyl (C=O) groups excluding carboxylic acids is 1. The number of imidazole rings is 1. The molecule has 0 aromatic carbocycles. The van der Waals surface area contributed by atoms with Crippen LogP contribution in [0.2, 0.25) is 0 Å². The summed E-state index contributed by atoms with van der Waals surface area (Å²) < 4.78 is 1.97. The molecule has 0 spiro atoms. The van der Waals surface area contributed by atoms with Crippen LogP contribution in [0.4, 0.5) is 0 Å². The molecule has 1 amide bonds. The first kappa shape index (κ1) is 18.2. The molecule has 5 nitrogen and oxygen atoms in total. The van der Waals surface area contributed by atoms with Gasteiger partial charge < -0.3 is 15.2 Å². The second-order valence-corrected chi connectivity index (χ2v) is 5.12. The quantitative estimate of drug-likeness (QED) is 0.879. The summed E-state index contributed by atoms with van der Waals surface area (Å²) in [5.41, 5.74) is -0.247. The lowest BCUT2D eigenvalue weighted by molar-refractivity contribution is -0.129. The largest absolute Gasteiger partial charge is 0.351 e. The summed E-state index contributed by atoms with van der Waals surface area (Å²) in [6.45, 7) is 6.50. The normalized spacial score (nSPS) is 23.1. The van der Waals surface area contributed by atoms with Crippen LogP contribution in [-0.4, -0.2) is 34.6 Å². The van der Waals surface area contributed by atoms with Crippen LogP contribution in [0, 0.1) is 5.41 Å². The maximum Gasteiger partial charge on any atom is 0.227 e. The first-order valence-corrected chi connectivity index (χ1v) is 6.07. The Hall–Kier alpha value is -0.780. The topological polar surface area (TPSA) is 59.0 Å². The molecule has 1 aliphatic rings. The maximum atomic E-state index is 12.1. The van der Waals surface area contributed by atoms with Crippen molar-refractivity contribution < 1.29 is 4.79 Å². The SMILES string of the molecule is CC(Cn1ccnc1)NC(=O)C1(C)CCNC1.Cl.Cl. The highest BCUT2D eigenvalue weighted by molar-refractivity contribution is 5.85. The van der Waals surface area contributed by atoms with Crippen molar-refractivity contribution in [1.29, 1.82) is 0 Å². The third kappa shape index (κ3) is 4.67. The van der Waals surface area contributed by atoms with Crippen molar-refractivity contribution in [3.8, 4) is 0 Å². The van der Waals surface area contributed by atoms with Crippen LogP contribution in [0.3, 0.4) is 0 Å². The standard InChI is InChI=1S/C12H20N4O.2ClH/c1-10(7-16-6-5-14-9-16)15-11(17)12(2)3-4-13-8-12;;/h5-6,9-10,13H,3-4,7-8H2,1-2H3,(H,15,17);2*1H. The van der Waals surface area contributed by atoms with Gasteiger partial charge in [0.15, 0.2) is 0 Å². The highest BCUT2D eigenvalue weighted by Gasteiger charge is 2.36. The van der Waals surface area contributed by atoms with Crippen LogP contribution in [0.25, 0.3) is 0 Å². The van der Waals surface area contributed by atoms with Crippen molar-refractivity contribution in [2.24, 2.45) is 5.41 Å². The molecule has 0 saturated carbocycles. The fourth-order valence-electron chi connectivity index (χ4n) is 2.17. The number of amides is 1. The zero-order chi connectivity index (χ0) is 12.3. The number of aromatic nitrogens is 2. The molecule has 0 bridgehead atoms. The monoisotopic (exact) mass is 308 g/mol. The number of nitrogens with one attached hydrogen (secondary N) is 2. The lowest BCUT2D eigenvalue weighted by Gasteiger charge is -2.24. The van der Waals surface area contributed by atoms with Gasteiger partial charge in [-0.2, -0.15) is 0 Å². The van der Waals surface area contributed by atoms with Gasteiger partial charge in [-0.25, -0.2) is 4.98 Å². The summed E-state index contributed by atoms with van der Waals surface area (Å²) in [4.78, 5) is 16.1. The molecule has 2 N–H and O–H groups in total. The number of halogens is 2. The predicted octanol–water partition coefficient (Wildman–Crippen LogP) is 1.23. The molecule has 2 rings (SSSR count). The molecule has 1 aliphatic heterocycles. The second-order valence-electron chi connectivity index (χ2n) is 5.12. The Balaban J connectivity index is 0.00000162. The van der Waals surface area contributed by atoms with Crippen molar-refractivity contribution >= 4 is 30.7 Å². The third-order valence-corrected chi connectivity index (χ3v) is 3.34. The molecule has 1 aromatic heterocycles. The molecular formula is C12H22Cl2N4O. The molecule has 1 fully saturated rings. The van der Waals surface area contributed by atoms with E-state index >= 15 is 0 Å². The lowest BCUT2D eigenvalue weighted by Crippen LogP contribution is -2.45. The molecule has 2 unspecified atom stereocenters. The first-order valence-electron chi connectivity index (χ1n) is 6.07. The molecule has 110 valence electrons. The molecule has 0 aliphatic carbocycles. The Morgan fingerprint density at radius 2 is 2.32 bits per heavy atom. The smallest absolute Gasteiger partial charge is 0.227 e. The van der Waals surface area contributed by atoms with Gasteiger partial charge in [0.1, 0.15) is 0 Å². The van der Waals surface area contributed by atoms with Gasteiger partial charge in [0.05, 0.1) is 11.7 Å². The maximum absolute atomic E-state index is 12.1. The van der Waals surface area contributed by atoms with Crippen LogP contribution < -0.4 is 10.6 Å². The van der Waals surface area contributed by atoms with E-state index in [0.29, 0.717) is 0 Å². The van der Waals surface area contributed by atoms with E-state index in [1.54, 1.807) is 12.5 Å². The molecule has 1 saturated heterocycles. The summed E-state index contributed by atoms with van der Waals surface area (Å²) in [5, 5.41) is 6.31. The summed E-state index contributed by atoms with van der Waals surface area (Å²) in [6.07, 6.45) is 6.33. The molecule has 2 heterocycles. The average Bonchev–Trinajstić information content (AvgIpc) is 2.90. The average molecular weight is 309 g/mol. The number of hydrogen-bond donors (Lipinski definition) is 2. The van der Waals surface area contributed by atoms with Gasteiger partial charge in [0.2, 0.25) is 5.91 Å². The van der Waals surface area contributed by atoms with Crippen LogP contribution in [0.5, 0.6) is 0 Å². The number of hydrogen-bond acceptors (Lipinski definition) is 3. The zero-order valence-electron chi connectivity index (χ0n) is 11.3. The van der Waals surface area contributed by atoms with Gasteiger partial charge in [0, 0.05) is 31.5 Å². The number of rotatable bonds is 4. The van der Waals surface area contributed by atoms with E-state index in [1.807, 2.05) is 24.6 Å². The molecule has 19 heavy (non-hydrogen) atoms. The van der Waals surface area contributed by atoms with Crippen LogP contribution in [0.1, 0.15) is 20.3 Å². The van der Waals surface area contributed by atoms with Crippen LogP contribution >= 0.6 is 24.8 Å². The molecule has 2 atom stereocenters. The summed E-state index contributed by atoms with van der Waals surface area (Å²) >= 11 is 0. The van der Waals surface area contributed by atoms with Crippen LogP contribution in [-0.2, 0) is 11.3 Å². The van der Waals surface area contributed by atoms with E-state index in [1.165, 1.54) is 0 Å². The predicted molar refractivity (Wildman–Crippen MR) is 79.9 cm³/mol. The van der Waals surface area contributed by atoms with Gasteiger partial charge in [-0.15, -0.1) is 24.8 Å². The van der Waals surface area contributed by atoms with E-state index in [4.69, 9.17) is 0 Å². The Labute approximate surface area is 126 Å². The second kappa shape index (κ2) is 7.72. The Kier molecular flexibility index (Phi) is 7.41. The Morgan fingerprint density at radius 1 is 1.58 bits per heavy atom. The highest BCUT2D eigenvalue weighted by Crippen LogP contribution is 2.24. The van der Waals surface area contributed by atoms with Gasteiger partial charge in [-0.3, -0.25) is 4.79 Å². The fourth-order valence-corrected chi connectivity index (χ4v) is 2.17. The Morgan fingerprint density at radius 3 is 2.84 bits per heavy atom.